The van der Waals surface area contributed by atoms with Gasteiger partial charge in [0.25, 0.3) is 0 Å². The Kier molecular flexibility index (Phi) is 4.25. The van der Waals surface area contributed by atoms with Gasteiger partial charge in [-0.05, 0) is 11.6 Å². The van der Waals surface area contributed by atoms with Crippen LogP contribution in [0, 0.1) is 17.1 Å². The lowest BCUT2D eigenvalue weighted by Gasteiger charge is -2.36. The number of hydrogen-bond acceptors (Lipinski definition) is 3. The summed E-state index contributed by atoms with van der Waals surface area (Å²) >= 11 is 0. The number of nitrogens with zero attached hydrogens (tertiary/aromatic N) is 1. The van der Waals surface area contributed by atoms with Crippen molar-refractivity contribution in [3.8, 4) is 0 Å². The molecule has 4 nitrogen and oxygen atoms in total. The quantitative estimate of drug-likeness (QED) is 0.697. The topological polar surface area (TPSA) is 61.2 Å². The van der Waals surface area contributed by atoms with Gasteiger partial charge in [0.2, 0.25) is 5.91 Å². The molecule has 1 aliphatic heterocycles. The average molecular weight is 324 g/mol. The molecule has 0 spiro atoms. The Morgan fingerprint density at radius 3 is 2.38 bits per heavy atom. The summed E-state index contributed by atoms with van der Waals surface area (Å²) in [5.41, 5.74) is 0.592. The summed E-state index contributed by atoms with van der Waals surface area (Å²) in [6.07, 6.45) is 0.119. The number of carbonyl (C=O) groups is 2. The Morgan fingerprint density at radius 2 is 1.71 bits per heavy atom. The summed E-state index contributed by atoms with van der Waals surface area (Å²) < 4.78 is 13.9. The lowest BCUT2D eigenvalue weighted by atomic mass is 9.83. The van der Waals surface area contributed by atoms with Crippen LogP contribution in [0.4, 0.5) is 4.39 Å². The fourth-order valence-corrected chi connectivity index (χ4v) is 3.08. The van der Waals surface area contributed by atoms with Gasteiger partial charge >= 0.3 is 0 Å². The number of Topliss-reactive ketones (excluding diaryl/α,β-unsaturated/α-hetero) is 1. The molecule has 3 rings (SSSR count). The fourth-order valence-electron chi connectivity index (χ4n) is 3.08. The zero-order chi connectivity index (χ0) is 17.3. The maximum absolute atomic E-state index is 13.9. The zero-order valence-corrected chi connectivity index (χ0v) is 13.2. The van der Waals surface area contributed by atoms with Gasteiger partial charge in [-0.2, -0.15) is 0 Å². The van der Waals surface area contributed by atoms with E-state index in [0.29, 0.717) is 0 Å². The maximum Gasteiger partial charge on any atom is 0.239 e. The summed E-state index contributed by atoms with van der Waals surface area (Å²) in [5, 5.41) is 8.18. The van der Waals surface area contributed by atoms with Crippen molar-refractivity contribution < 1.29 is 14.0 Å². The molecule has 2 unspecified atom stereocenters. The van der Waals surface area contributed by atoms with Gasteiger partial charge in [0.05, 0.1) is 11.8 Å². The smallest absolute Gasteiger partial charge is 0.239 e. The van der Waals surface area contributed by atoms with Crippen molar-refractivity contribution in [1.29, 1.82) is 5.41 Å². The normalized spacial score (nSPS) is 21.0. The van der Waals surface area contributed by atoms with Gasteiger partial charge in [-0.25, -0.2) is 4.39 Å². The molecule has 0 aromatic heterocycles. The SMILES string of the molecule is CN1C(=O)C(C(=N)c2ccccc2F)C(=O)CC1c1ccccc1. The van der Waals surface area contributed by atoms with Crippen LogP contribution in [0.5, 0.6) is 0 Å². The average Bonchev–Trinajstić information content (AvgIpc) is 2.59. The van der Waals surface area contributed by atoms with E-state index in [0.717, 1.165) is 5.56 Å². The summed E-state index contributed by atoms with van der Waals surface area (Å²) in [5.74, 6) is -2.66. The zero-order valence-electron chi connectivity index (χ0n) is 13.2. The Morgan fingerprint density at radius 1 is 1.08 bits per heavy atom. The van der Waals surface area contributed by atoms with Gasteiger partial charge in [0.15, 0.2) is 5.78 Å². The van der Waals surface area contributed by atoms with Crippen molar-refractivity contribution >= 4 is 17.4 Å². The van der Waals surface area contributed by atoms with E-state index in [-0.39, 0.29) is 29.5 Å². The highest BCUT2D eigenvalue weighted by atomic mass is 19.1. The van der Waals surface area contributed by atoms with Crippen LogP contribution >= 0.6 is 0 Å². The first-order valence-corrected chi connectivity index (χ1v) is 7.68. The second-order valence-electron chi connectivity index (χ2n) is 5.87. The molecule has 1 aliphatic rings. The molecule has 1 amide bonds. The third kappa shape index (κ3) is 2.73. The number of halogens is 1. The molecule has 1 heterocycles. The van der Waals surface area contributed by atoms with Crippen LogP contribution in [0.2, 0.25) is 0 Å². The molecule has 2 aromatic rings. The number of ketones is 1. The molecule has 1 fully saturated rings. The van der Waals surface area contributed by atoms with Crippen LogP contribution in [-0.2, 0) is 9.59 Å². The second-order valence-corrected chi connectivity index (χ2v) is 5.87. The van der Waals surface area contributed by atoms with E-state index in [2.05, 4.69) is 0 Å². The number of rotatable bonds is 3. The standard InChI is InChI=1S/C19H17FN2O2/c1-22-15(12-7-3-2-4-8-12)11-16(23)17(19(22)24)18(21)13-9-5-6-10-14(13)20/h2-10,15,17,21H,11H2,1H3. The van der Waals surface area contributed by atoms with E-state index < -0.39 is 17.6 Å². The molecular formula is C19H17FN2O2. The first-order valence-electron chi connectivity index (χ1n) is 7.68. The Balaban J connectivity index is 1.91. The lowest BCUT2D eigenvalue weighted by Crippen LogP contribution is -2.49. The highest BCUT2D eigenvalue weighted by Crippen LogP contribution is 2.32. The number of amides is 1. The van der Waals surface area contributed by atoms with Gasteiger partial charge < -0.3 is 10.3 Å². The molecule has 0 bridgehead atoms. The summed E-state index contributed by atoms with van der Waals surface area (Å²) in [7, 11) is 1.62. The van der Waals surface area contributed by atoms with Crippen molar-refractivity contribution in [2.45, 2.75) is 12.5 Å². The van der Waals surface area contributed by atoms with E-state index in [1.807, 2.05) is 30.3 Å². The first-order chi connectivity index (χ1) is 11.5. The van der Waals surface area contributed by atoms with E-state index in [1.165, 1.54) is 23.1 Å². The number of piperidine rings is 1. The fraction of sp³-hybridized carbons (Fsp3) is 0.211. The minimum Gasteiger partial charge on any atom is -0.337 e. The number of nitrogens with one attached hydrogen (secondary N) is 1. The molecule has 122 valence electrons. The Labute approximate surface area is 139 Å². The Bertz CT molecular complexity index is 804. The lowest BCUT2D eigenvalue weighted by molar-refractivity contribution is -0.144. The van der Waals surface area contributed by atoms with Gasteiger partial charge in [-0.3, -0.25) is 9.59 Å². The molecule has 0 saturated carbocycles. The van der Waals surface area contributed by atoms with Crippen molar-refractivity contribution in [3.63, 3.8) is 0 Å². The van der Waals surface area contributed by atoms with E-state index in [9.17, 15) is 14.0 Å². The third-order valence-electron chi connectivity index (χ3n) is 4.42. The van der Waals surface area contributed by atoms with Crippen molar-refractivity contribution in [2.24, 2.45) is 5.92 Å². The highest BCUT2D eigenvalue weighted by Gasteiger charge is 2.42. The van der Waals surface area contributed by atoms with E-state index in [1.54, 1.807) is 13.1 Å². The Hall–Kier alpha value is -2.82. The maximum atomic E-state index is 13.9. The molecule has 5 heteroatoms. The largest absolute Gasteiger partial charge is 0.337 e. The number of benzene rings is 2. The molecule has 2 aromatic carbocycles. The van der Waals surface area contributed by atoms with Gasteiger partial charge in [-0.1, -0.05) is 48.5 Å². The molecule has 0 aliphatic carbocycles. The molecule has 1 saturated heterocycles. The van der Waals surface area contributed by atoms with E-state index >= 15 is 0 Å². The predicted molar refractivity (Wildman–Crippen MR) is 88.3 cm³/mol. The number of likely N-dealkylation sites (tertiary alicyclic amines) is 1. The van der Waals surface area contributed by atoms with Crippen LogP contribution in [0.25, 0.3) is 0 Å². The van der Waals surface area contributed by atoms with E-state index in [4.69, 9.17) is 5.41 Å². The first kappa shape index (κ1) is 16.1. The minimum atomic E-state index is -1.24. The van der Waals surface area contributed by atoms with Crippen LogP contribution in [0.3, 0.4) is 0 Å². The monoisotopic (exact) mass is 324 g/mol. The van der Waals surface area contributed by atoms with Crippen LogP contribution in [-0.4, -0.2) is 29.3 Å². The molecule has 1 N–H and O–H groups in total. The van der Waals surface area contributed by atoms with Crippen LogP contribution in [0.15, 0.2) is 54.6 Å². The predicted octanol–water partition coefficient (Wildman–Crippen LogP) is 2.98. The molecule has 0 radical (unpaired) electrons. The van der Waals surface area contributed by atoms with Crippen molar-refractivity contribution in [3.05, 3.63) is 71.5 Å². The third-order valence-corrected chi connectivity index (χ3v) is 4.42. The minimum absolute atomic E-state index is 0.00392. The summed E-state index contributed by atoms with van der Waals surface area (Å²) in [4.78, 5) is 26.7. The van der Waals surface area contributed by atoms with Crippen LogP contribution < -0.4 is 0 Å². The van der Waals surface area contributed by atoms with Gasteiger partial charge in [0, 0.05) is 19.0 Å². The van der Waals surface area contributed by atoms with Gasteiger partial charge in [0.1, 0.15) is 11.7 Å². The summed E-state index contributed by atoms with van der Waals surface area (Å²) in [6, 6.07) is 14.7. The summed E-state index contributed by atoms with van der Waals surface area (Å²) in [6.45, 7) is 0. The second kappa shape index (κ2) is 6.35. The van der Waals surface area contributed by atoms with Crippen molar-refractivity contribution in [1.82, 2.24) is 4.90 Å². The molecule has 24 heavy (non-hydrogen) atoms. The van der Waals surface area contributed by atoms with Gasteiger partial charge in [-0.15, -0.1) is 0 Å². The highest BCUT2D eigenvalue weighted by molar-refractivity contribution is 6.25. The van der Waals surface area contributed by atoms with Crippen LogP contribution in [0.1, 0.15) is 23.6 Å². The number of carbonyl (C=O) groups excluding carboxylic acids is 2. The molecule has 2 atom stereocenters. The number of hydrogen-bond donors (Lipinski definition) is 1. The molecular weight excluding hydrogens is 307 g/mol. The van der Waals surface area contributed by atoms with Crippen molar-refractivity contribution in [2.75, 3.05) is 7.05 Å².